The van der Waals surface area contributed by atoms with Gasteiger partial charge in [0.15, 0.2) is 11.9 Å². The van der Waals surface area contributed by atoms with Crippen LogP contribution in [0.1, 0.15) is 26.7 Å². The number of ketones is 1. The first-order valence-electron chi connectivity index (χ1n) is 6.73. The number of nitrogens with zero attached hydrogens (tertiary/aromatic N) is 1. The number of hydrogen-bond acceptors (Lipinski definition) is 4. The maximum atomic E-state index is 13.7. The molecule has 2 N–H and O–H groups in total. The van der Waals surface area contributed by atoms with E-state index in [2.05, 4.69) is 5.32 Å². The van der Waals surface area contributed by atoms with Crippen molar-refractivity contribution in [3.05, 3.63) is 23.8 Å². The number of nitrogens with one attached hydrogen (secondary N) is 2. The molecular weight excluding hydrogens is 293 g/mol. The third-order valence-electron chi connectivity index (χ3n) is 3.75. The van der Waals surface area contributed by atoms with E-state index in [0.29, 0.717) is 12.6 Å². The molecule has 2 rings (SSSR count). The maximum absolute atomic E-state index is 13.7. The van der Waals surface area contributed by atoms with Gasteiger partial charge in [0.1, 0.15) is 0 Å². The summed E-state index contributed by atoms with van der Waals surface area (Å²) in [5.41, 5.74) is -0.462. The summed E-state index contributed by atoms with van der Waals surface area (Å²) < 4.78 is 12.4. The van der Waals surface area contributed by atoms with E-state index in [1.807, 2.05) is 13.8 Å². The van der Waals surface area contributed by atoms with Crippen molar-refractivity contribution in [2.75, 3.05) is 7.05 Å². The van der Waals surface area contributed by atoms with E-state index in [1.165, 1.54) is 13.1 Å². The van der Waals surface area contributed by atoms with Crippen molar-refractivity contribution in [3.63, 3.8) is 0 Å². The number of Topliss-reactive ketones (excluding diaryl/α,β-unsaturated/α-hetero) is 1. The predicted molar refractivity (Wildman–Crippen MR) is 73.6 cm³/mol. The second kappa shape index (κ2) is 5.13. The number of hydrogen-bond donors (Lipinski definition) is 2. The van der Waals surface area contributed by atoms with Crippen molar-refractivity contribution < 1.29 is 28.1 Å². The predicted octanol–water partition coefficient (Wildman–Crippen LogP) is 1.48. The Hall–Kier alpha value is -2.35. The van der Waals surface area contributed by atoms with Gasteiger partial charge in [-0.2, -0.15) is 4.39 Å². The summed E-state index contributed by atoms with van der Waals surface area (Å²) in [6.07, 6.45) is 2.59. The lowest BCUT2D eigenvalue weighted by atomic mass is 9.78. The van der Waals surface area contributed by atoms with Crippen LogP contribution in [0.15, 0.2) is 23.8 Å². The standard InChI is InChI=1S/C14H16FN3O4/c1-14(2)5-4-9(10(19)6-14)18(12(21)16-3)7-8(15)11(20)17-13(18)22/h4,7H,5-6H2,1-3H3,(H-,16,17,20,21,22)/p+1. The molecule has 5 amide bonds. The molecule has 2 aliphatic rings. The molecule has 8 heteroatoms. The Balaban J connectivity index is 2.65. The fourth-order valence-electron chi connectivity index (χ4n) is 2.57. The minimum atomic E-state index is -1.32. The molecule has 0 aromatic carbocycles. The number of amides is 5. The zero-order valence-electron chi connectivity index (χ0n) is 12.5. The van der Waals surface area contributed by atoms with Crippen molar-refractivity contribution in [3.8, 4) is 0 Å². The molecule has 22 heavy (non-hydrogen) atoms. The van der Waals surface area contributed by atoms with Crippen LogP contribution in [0.25, 0.3) is 0 Å². The van der Waals surface area contributed by atoms with Crippen molar-refractivity contribution in [2.45, 2.75) is 26.7 Å². The van der Waals surface area contributed by atoms with Gasteiger partial charge in [-0.05, 0) is 17.9 Å². The molecule has 0 saturated carbocycles. The highest BCUT2D eigenvalue weighted by Gasteiger charge is 2.56. The van der Waals surface area contributed by atoms with Gasteiger partial charge in [-0.1, -0.05) is 18.3 Å². The Labute approximate surface area is 126 Å². The average Bonchev–Trinajstić information content (AvgIpc) is 2.41. The second-order valence-electron chi connectivity index (χ2n) is 6.07. The normalized spacial score (nSPS) is 27.7. The summed E-state index contributed by atoms with van der Waals surface area (Å²) in [5.74, 6) is -2.96. The lowest BCUT2D eigenvalue weighted by molar-refractivity contribution is -0.665. The number of allylic oxidation sites excluding steroid dienone is 2. The van der Waals surface area contributed by atoms with Gasteiger partial charge in [-0.3, -0.25) is 9.59 Å². The van der Waals surface area contributed by atoms with E-state index in [9.17, 15) is 23.6 Å². The highest BCUT2D eigenvalue weighted by atomic mass is 19.1. The first-order chi connectivity index (χ1) is 10.1. The Morgan fingerprint density at radius 1 is 1.36 bits per heavy atom. The van der Waals surface area contributed by atoms with E-state index in [1.54, 1.807) is 5.32 Å². The van der Waals surface area contributed by atoms with Gasteiger partial charge < -0.3 is 5.32 Å². The van der Waals surface area contributed by atoms with Crippen LogP contribution in [0.5, 0.6) is 0 Å². The van der Waals surface area contributed by atoms with E-state index >= 15 is 0 Å². The minimum Gasteiger partial charge on any atom is -0.307 e. The van der Waals surface area contributed by atoms with Crippen LogP contribution in [0.3, 0.4) is 0 Å². The molecule has 1 aliphatic carbocycles. The van der Waals surface area contributed by atoms with E-state index in [-0.39, 0.29) is 17.5 Å². The lowest BCUT2D eigenvalue weighted by Crippen LogP contribution is -2.64. The van der Waals surface area contributed by atoms with Crippen LogP contribution < -0.4 is 10.6 Å². The van der Waals surface area contributed by atoms with Crippen LogP contribution in [0, 0.1) is 5.41 Å². The first-order valence-corrected chi connectivity index (χ1v) is 6.73. The van der Waals surface area contributed by atoms with Gasteiger partial charge in [-0.25, -0.2) is 14.9 Å². The molecule has 7 nitrogen and oxygen atoms in total. The maximum Gasteiger partial charge on any atom is 0.442 e. The van der Waals surface area contributed by atoms with Gasteiger partial charge in [0.25, 0.3) is 5.91 Å². The summed E-state index contributed by atoms with van der Waals surface area (Å²) in [5, 5.41) is 4.01. The number of carbonyl (C=O) groups excluding carboxylic acids is 4. The average molecular weight is 310 g/mol. The molecule has 1 aliphatic heterocycles. The van der Waals surface area contributed by atoms with Crippen LogP contribution in [0.2, 0.25) is 0 Å². The highest BCUT2D eigenvalue weighted by molar-refractivity contribution is 6.08. The second-order valence-corrected chi connectivity index (χ2v) is 6.07. The van der Waals surface area contributed by atoms with Crippen molar-refractivity contribution in [1.82, 2.24) is 10.6 Å². The molecule has 0 bridgehead atoms. The molecular formula is C14H17FN3O4+. The molecule has 1 unspecified atom stereocenters. The van der Waals surface area contributed by atoms with Crippen LogP contribution >= 0.6 is 0 Å². The first kappa shape index (κ1) is 16.0. The molecule has 1 atom stereocenters. The zero-order chi connectivity index (χ0) is 16.7. The smallest absolute Gasteiger partial charge is 0.307 e. The summed E-state index contributed by atoms with van der Waals surface area (Å²) in [7, 11) is 1.26. The van der Waals surface area contributed by atoms with Gasteiger partial charge in [0.2, 0.25) is 11.6 Å². The summed E-state index contributed by atoms with van der Waals surface area (Å²) in [6, 6.07) is -2.00. The number of rotatable bonds is 1. The van der Waals surface area contributed by atoms with Gasteiger partial charge in [0.05, 0.1) is 0 Å². The van der Waals surface area contributed by atoms with Gasteiger partial charge in [0, 0.05) is 13.5 Å². The number of urea groups is 2. The topological polar surface area (TPSA) is 92.3 Å². The molecule has 0 aromatic heterocycles. The zero-order valence-corrected chi connectivity index (χ0v) is 12.5. The monoisotopic (exact) mass is 310 g/mol. The van der Waals surface area contributed by atoms with E-state index in [4.69, 9.17) is 0 Å². The number of imide groups is 2. The molecule has 0 saturated heterocycles. The number of quaternary nitrogens is 1. The van der Waals surface area contributed by atoms with Gasteiger partial charge in [-0.15, -0.1) is 0 Å². The van der Waals surface area contributed by atoms with Crippen molar-refractivity contribution in [2.24, 2.45) is 5.41 Å². The van der Waals surface area contributed by atoms with Crippen molar-refractivity contribution >= 4 is 23.8 Å². The molecule has 118 valence electrons. The Morgan fingerprint density at radius 2 is 2.00 bits per heavy atom. The highest BCUT2D eigenvalue weighted by Crippen LogP contribution is 2.37. The molecule has 0 fully saturated rings. The number of halogens is 1. The van der Waals surface area contributed by atoms with E-state index in [0.717, 1.165) is 0 Å². The third-order valence-corrected chi connectivity index (χ3v) is 3.75. The quantitative estimate of drug-likeness (QED) is 0.717. The lowest BCUT2D eigenvalue weighted by Gasteiger charge is -2.35. The summed E-state index contributed by atoms with van der Waals surface area (Å²) in [4.78, 5) is 48.1. The molecule has 1 heterocycles. The summed E-state index contributed by atoms with van der Waals surface area (Å²) >= 11 is 0. The van der Waals surface area contributed by atoms with Crippen LogP contribution in [-0.4, -0.2) is 35.3 Å². The van der Waals surface area contributed by atoms with E-state index < -0.39 is 34.1 Å². The Morgan fingerprint density at radius 3 is 2.55 bits per heavy atom. The van der Waals surface area contributed by atoms with Crippen molar-refractivity contribution in [1.29, 1.82) is 0 Å². The molecule has 0 aromatic rings. The SMILES string of the molecule is CNC(=O)[N+]1(C2=CCC(C)(C)CC2=O)C=C(F)C(=O)NC1=O. The van der Waals surface area contributed by atoms with Gasteiger partial charge >= 0.3 is 12.1 Å². The van der Waals surface area contributed by atoms with Crippen LogP contribution in [0.4, 0.5) is 14.0 Å². The Kier molecular flexibility index (Phi) is 3.74. The largest absolute Gasteiger partial charge is 0.442 e. The minimum absolute atomic E-state index is 0.118. The molecule has 0 radical (unpaired) electrons. The molecule has 0 spiro atoms. The van der Waals surface area contributed by atoms with Crippen LogP contribution in [-0.2, 0) is 9.59 Å². The summed E-state index contributed by atoms with van der Waals surface area (Å²) in [6.45, 7) is 3.75. The number of carbonyl (C=O) groups is 4. The fraction of sp³-hybridized carbons (Fsp3) is 0.429. The fourth-order valence-corrected chi connectivity index (χ4v) is 2.57. The third kappa shape index (κ3) is 2.35. The Bertz CT molecular complexity index is 650.